The fourth-order valence-corrected chi connectivity index (χ4v) is 3.11. The molecule has 1 aliphatic carbocycles. The van der Waals surface area contributed by atoms with Gasteiger partial charge in [-0.05, 0) is 38.9 Å². The van der Waals surface area contributed by atoms with Crippen LogP contribution in [-0.2, 0) is 0 Å². The Kier molecular flexibility index (Phi) is 4.56. The Morgan fingerprint density at radius 3 is 3.00 bits per heavy atom. The molecule has 1 aromatic heterocycles. The van der Waals surface area contributed by atoms with Crippen LogP contribution in [0.2, 0.25) is 0 Å². The second-order valence-corrected chi connectivity index (χ2v) is 6.05. The maximum atomic E-state index is 8.88. The number of nitrogens with zero attached hydrogens (tertiary/aromatic N) is 4. The first-order chi connectivity index (χ1) is 9.55. The molecule has 2 rings (SSSR count). The predicted octanol–water partition coefficient (Wildman–Crippen LogP) is 2.27. The number of aromatic nitrogens is 2. The van der Waals surface area contributed by atoms with Crippen LogP contribution in [0.3, 0.4) is 0 Å². The SMILES string of the molecule is CC1CCCC(CNc2nccc(C#N)n2)(N(C)C)C1. The highest BCUT2D eigenvalue weighted by Gasteiger charge is 2.36. The second-order valence-electron chi connectivity index (χ2n) is 6.05. The molecular formula is C15H23N5. The van der Waals surface area contributed by atoms with Gasteiger partial charge < -0.3 is 10.2 Å². The maximum Gasteiger partial charge on any atom is 0.223 e. The first-order valence-electron chi connectivity index (χ1n) is 7.20. The van der Waals surface area contributed by atoms with Gasteiger partial charge in [-0.1, -0.05) is 19.8 Å². The fraction of sp³-hybridized carbons (Fsp3) is 0.667. The number of hydrogen-bond acceptors (Lipinski definition) is 5. The van der Waals surface area contributed by atoms with Crippen molar-refractivity contribution in [1.82, 2.24) is 14.9 Å². The highest BCUT2D eigenvalue weighted by Crippen LogP contribution is 2.35. The number of hydrogen-bond donors (Lipinski definition) is 1. The Balaban J connectivity index is 2.07. The van der Waals surface area contributed by atoms with E-state index in [1.165, 1.54) is 25.7 Å². The van der Waals surface area contributed by atoms with E-state index in [-0.39, 0.29) is 5.54 Å². The molecule has 2 atom stereocenters. The average molecular weight is 273 g/mol. The van der Waals surface area contributed by atoms with Crippen LogP contribution in [0, 0.1) is 17.2 Å². The van der Waals surface area contributed by atoms with Crippen LogP contribution >= 0.6 is 0 Å². The van der Waals surface area contributed by atoms with E-state index >= 15 is 0 Å². The molecule has 0 bridgehead atoms. The molecule has 1 N–H and O–H groups in total. The smallest absolute Gasteiger partial charge is 0.223 e. The van der Waals surface area contributed by atoms with Gasteiger partial charge in [0, 0.05) is 18.3 Å². The van der Waals surface area contributed by atoms with Gasteiger partial charge in [0.1, 0.15) is 11.8 Å². The van der Waals surface area contributed by atoms with Crippen molar-refractivity contribution in [2.24, 2.45) is 5.92 Å². The summed E-state index contributed by atoms with van der Waals surface area (Å²) in [5.74, 6) is 1.29. The number of nitriles is 1. The van der Waals surface area contributed by atoms with Gasteiger partial charge in [0.15, 0.2) is 0 Å². The van der Waals surface area contributed by atoms with Crippen LogP contribution in [0.15, 0.2) is 12.3 Å². The van der Waals surface area contributed by atoms with Crippen LogP contribution in [0.4, 0.5) is 5.95 Å². The molecule has 108 valence electrons. The summed E-state index contributed by atoms with van der Waals surface area (Å²) in [6, 6.07) is 3.66. The third kappa shape index (κ3) is 3.26. The van der Waals surface area contributed by atoms with E-state index in [1.54, 1.807) is 12.3 Å². The van der Waals surface area contributed by atoms with Crippen LogP contribution in [0.5, 0.6) is 0 Å². The van der Waals surface area contributed by atoms with Crippen LogP contribution < -0.4 is 5.32 Å². The van der Waals surface area contributed by atoms with Crippen LogP contribution in [-0.4, -0.2) is 41.0 Å². The van der Waals surface area contributed by atoms with E-state index in [9.17, 15) is 0 Å². The molecule has 0 radical (unpaired) electrons. The molecule has 0 aromatic carbocycles. The van der Waals surface area contributed by atoms with E-state index in [2.05, 4.69) is 41.2 Å². The maximum absolute atomic E-state index is 8.88. The first-order valence-corrected chi connectivity index (χ1v) is 7.20. The molecule has 0 spiro atoms. The lowest BCUT2D eigenvalue weighted by molar-refractivity contribution is 0.0881. The zero-order valence-corrected chi connectivity index (χ0v) is 12.6. The number of anilines is 1. The second kappa shape index (κ2) is 6.19. The Hall–Kier alpha value is -1.67. The molecule has 20 heavy (non-hydrogen) atoms. The minimum absolute atomic E-state index is 0.156. The molecular weight excluding hydrogens is 250 g/mol. The van der Waals surface area contributed by atoms with Gasteiger partial charge in [0.25, 0.3) is 0 Å². The molecule has 1 aliphatic rings. The van der Waals surface area contributed by atoms with Gasteiger partial charge in [-0.3, -0.25) is 0 Å². The third-order valence-electron chi connectivity index (χ3n) is 4.36. The molecule has 5 nitrogen and oxygen atoms in total. The Labute approximate surface area is 121 Å². The van der Waals surface area contributed by atoms with Gasteiger partial charge in [0.05, 0.1) is 0 Å². The van der Waals surface area contributed by atoms with Crippen LogP contribution in [0.1, 0.15) is 38.3 Å². The van der Waals surface area contributed by atoms with Crippen molar-refractivity contribution >= 4 is 5.95 Å². The van der Waals surface area contributed by atoms with Crippen LogP contribution in [0.25, 0.3) is 0 Å². The topological polar surface area (TPSA) is 64.8 Å². The Morgan fingerprint density at radius 2 is 2.35 bits per heavy atom. The minimum Gasteiger partial charge on any atom is -0.352 e. The minimum atomic E-state index is 0.156. The summed E-state index contributed by atoms with van der Waals surface area (Å²) in [4.78, 5) is 10.7. The van der Waals surface area contributed by atoms with Crippen molar-refractivity contribution < 1.29 is 0 Å². The lowest BCUT2D eigenvalue weighted by atomic mass is 9.75. The number of nitrogens with one attached hydrogen (secondary N) is 1. The van der Waals surface area contributed by atoms with E-state index in [1.807, 2.05) is 6.07 Å². The standard InChI is InChI=1S/C15H23N5/c1-12-5-4-7-15(9-12,20(2)3)11-18-14-17-8-6-13(10-16)19-14/h6,8,12H,4-5,7,9,11H2,1-3H3,(H,17,18,19). The Morgan fingerprint density at radius 1 is 1.55 bits per heavy atom. The molecule has 1 aromatic rings. The van der Waals surface area contributed by atoms with E-state index in [4.69, 9.17) is 5.26 Å². The van der Waals surface area contributed by atoms with Gasteiger partial charge in [-0.15, -0.1) is 0 Å². The summed E-state index contributed by atoms with van der Waals surface area (Å²) >= 11 is 0. The summed E-state index contributed by atoms with van der Waals surface area (Å²) in [5.41, 5.74) is 0.558. The highest BCUT2D eigenvalue weighted by atomic mass is 15.2. The average Bonchev–Trinajstić information content (AvgIpc) is 2.45. The monoisotopic (exact) mass is 273 g/mol. The lowest BCUT2D eigenvalue weighted by Gasteiger charge is -2.45. The quantitative estimate of drug-likeness (QED) is 0.911. The van der Waals surface area contributed by atoms with Gasteiger partial charge in [-0.2, -0.15) is 5.26 Å². The van der Waals surface area contributed by atoms with Crippen molar-refractivity contribution in [1.29, 1.82) is 5.26 Å². The third-order valence-corrected chi connectivity index (χ3v) is 4.36. The molecule has 2 unspecified atom stereocenters. The molecule has 0 saturated heterocycles. The Bertz CT molecular complexity index is 493. The summed E-state index contributed by atoms with van der Waals surface area (Å²) in [7, 11) is 4.29. The molecule has 1 saturated carbocycles. The van der Waals surface area contributed by atoms with Gasteiger partial charge in [0.2, 0.25) is 5.95 Å². The summed E-state index contributed by atoms with van der Waals surface area (Å²) in [6.07, 6.45) is 6.58. The zero-order valence-electron chi connectivity index (χ0n) is 12.6. The van der Waals surface area contributed by atoms with Crippen molar-refractivity contribution in [2.75, 3.05) is 26.0 Å². The zero-order chi connectivity index (χ0) is 14.6. The summed E-state index contributed by atoms with van der Waals surface area (Å²) < 4.78 is 0. The van der Waals surface area contributed by atoms with Gasteiger partial charge in [-0.25, -0.2) is 9.97 Å². The van der Waals surface area contributed by atoms with Crippen molar-refractivity contribution in [3.63, 3.8) is 0 Å². The molecule has 5 heteroatoms. The summed E-state index contributed by atoms with van der Waals surface area (Å²) in [6.45, 7) is 3.14. The summed E-state index contributed by atoms with van der Waals surface area (Å²) in [5, 5.41) is 12.2. The number of likely N-dealkylation sites (N-methyl/N-ethyl adjacent to an activating group) is 1. The van der Waals surface area contributed by atoms with E-state index in [0.29, 0.717) is 11.6 Å². The van der Waals surface area contributed by atoms with Crippen molar-refractivity contribution in [3.8, 4) is 6.07 Å². The van der Waals surface area contributed by atoms with Crippen molar-refractivity contribution in [3.05, 3.63) is 18.0 Å². The van der Waals surface area contributed by atoms with Gasteiger partial charge >= 0.3 is 0 Å². The number of rotatable bonds is 4. The normalized spacial score (nSPS) is 26.2. The fourth-order valence-electron chi connectivity index (χ4n) is 3.11. The molecule has 1 fully saturated rings. The van der Waals surface area contributed by atoms with Crippen molar-refractivity contribution in [2.45, 2.75) is 38.1 Å². The van der Waals surface area contributed by atoms with E-state index < -0.39 is 0 Å². The first kappa shape index (κ1) is 14.7. The predicted molar refractivity (Wildman–Crippen MR) is 79.3 cm³/mol. The highest BCUT2D eigenvalue weighted by molar-refractivity contribution is 5.30. The van der Waals surface area contributed by atoms with E-state index in [0.717, 1.165) is 12.5 Å². The molecule has 0 aliphatic heterocycles. The largest absolute Gasteiger partial charge is 0.352 e. The molecule has 1 heterocycles. The molecule has 0 amide bonds. The lowest BCUT2D eigenvalue weighted by Crippen LogP contribution is -2.52.